The Hall–Kier alpha value is -0.900. The summed E-state index contributed by atoms with van der Waals surface area (Å²) in [7, 11) is 3.00. The lowest BCUT2D eigenvalue weighted by Crippen LogP contribution is -1.92. The monoisotopic (exact) mass is 202 g/mol. The van der Waals surface area contributed by atoms with E-state index in [1.807, 2.05) is 0 Å². The second-order valence-electron chi connectivity index (χ2n) is 2.34. The summed E-state index contributed by atoms with van der Waals surface area (Å²) in [5, 5.41) is 0. The molecule has 0 N–H and O–H groups in total. The highest BCUT2D eigenvalue weighted by atomic mass is 32.2. The Morgan fingerprint density at radius 2 is 1.92 bits per heavy atom. The van der Waals surface area contributed by atoms with Crippen LogP contribution in [-0.4, -0.2) is 20.5 Å². The van der Waals surface area contributed by atoms with Crippen LogP contribution in [-0.2, 0) is 0 Å². The standard InChI is InChI=1S/C9H11FO2S/c1-11-6-4-7(10)9(13-3)8(5-6)12-2/h4-5H,1-3H3. The predicted molar refractivity (Wildman–Crippen MR) is 51.3 cm³/mol. The topological polar surface area (TPSA) is 18.5 Å². The zero-order valence-electron chi connectivity index (χ0n) is 7.76. The van der Waals surface area contributed by atoms with Crippen molar-refractivity contribution in [3.8, 4) is 11.5 Å². The van der Waals surface area contributed by atoms with Crippen LogP contribution in [0.1, 0.15) is 0 Å². The molecule has 0 atom stereocenters. The smallest absolute Gasteiger partial charge is 0.144 e. The lowest BCUT2D eigenvalue weighted by Gasteiger charge is -2.09. The van der Waals surface area contributed by atoms with Gasteiger partial charge in [-0.2, -0.15) is 0 Å². The second kappa shape index (κ2) is 4.37. The molecule has 13 heavy (non-hydrogen) atoms. The first kappa shape index (κ1) is 10.2. The van der Waals surface area contributed by atoms with E-state index >= 15 is 0 Å². The molecule has 0 bridgehead atoms. The summed E-state index contributed by atoms with van der Waals surface area (Å²) in [6.07, 6.45) is 1.80. The minimum atomic E-state index is -0.316. The highest BCUT2D eigenvalue weighted by Crippen LogP contribution is 2.33. The highest BCUT2D eigenvalue weighted by Gasteiger charge is 2.10. The predicted octanol–water partition coefficient (Wildman–Crippen LogP) is 2.56. The van der Waals surface area contributed by atoms with Crippen molar-refractivity contribution in [3.05, 3.63) is 17.9 Å². The average Bonchev–Trinajstić information content (AvgIpc) is 2.16. The Kier molecular flexibility index (Phi) is 3.42. The molecule has 1 rings (SSSR count). The van der Waals surface area contributed by atoms with Gasteiger partial charge in [-0.3, -0.25) is 0 Å². The van der Waals surface area contributed by atoms with E-state index in [2.05, 4.69) is 0 Å². The molecule has 0 saturated carbocycles. The number of methoxy groups -OCH3 is 2. The first-order valence-corrected chi connectivity index (χ1v) is 4.91. The normalized spacial score (nSPS) is 9.85. The molecule has 4 heteroatoms. The van der Waals surface area contributed by atoms with Crippen molar-refractivity contribution in [1.82, 2.24) is 0 Å². The van der Waals surface area contributed by atoms with Gasteiger partial charge in [-0.25, -0.2) is 4.39 Å². The summed E-state index contributed by atoms with van der Waals surface area (Å²) >= 11 is 1.31. The number of thioether (sulfide) groups is 1. The Bertz CT molecular complexity index is 302. The van der Waals surface area contributed by atoms with Gasteiger partial charge in [0.1, 0.15) is 17.3 Å². The molecule has 72 valence electrons. The maximum absolute atomic E-state index is 13.3. The fourth-order valence-electron chi connectivity index (χ4n) is 1.01. The number of rotatable bonds is 3. The van der Waals surface area contributed by atoms with Gasteiger partial charge < -0.3 is 9.47 Å². The van der Waals surface area contributed by atoms with Crippen LogP contribution in [0.2, 0.25) is 0 Å². The maximum Gasteiger partial charge on any atom is 0.144 e. The summed E-state index contributed by atoms with van der Waals surface area (Å²) in [6.45, 7) is 0. The molecule has 1 aromatic carbocycles. The summed E-state index contributed by atoms with van der Waals surface area (Å²) in [4.78, 5) is 0.503. The molecule has 0 aliphatic carbocycles. The van der Waals surface area contributed by atoms with E-state index in [1.54, 1.807) is 12.3 Å². The fourth-order valence-corrected chi connectivity index (χ4v) is 1.61. The molecule has 0 spiro atoms. The molecule has 0 amide bonds. The molecular weight excluding hydrogens is 191 g/mol. The first-order chi connectivity index (χ1) is 6.22. The van der Waals surface area contributed by atoms with Gasteiger partial charge in [0.05, 0.1) is 19.1 Å². The molecule has 0 aliphatic heterocycles. The van der Waals surface area contributed by atoms with E-state index in [-0.39, 0.29) is 5.82 Å². The van der Waals surface area contributed by atoms with Crippen LogP contribution in [0.3, 0.4) is 0 Å². The molecule has 0 heterocycles. The Labute approximate surface area is 81.0 Å². The Balaban J connectivity index is 3.20. The number of halogens is 1. The molecule has 1 aromatic rings. The summed E-state index contributed by atoms with van der Waals surface area (Å²) in [5.74, 6) is 0.653. The Morgan fingerprint density at radius 3 is 2.38 bits per heavy atom. The minimum absolute atomic E-state index is 0.316. The van der Waals surface area contributed by atoms with Crippen LogP contribution in [0.4, 0.5) is 4.39 Å². The summed E-state index contributed by atoms with van der Waals surface area (Å²) in [6, 6.07) is 3.00. The van der Waals surface area contributed by atoms with Crippen LogP contribution in [0.15, 0.2) is 17.0 Å². The zero-order chi connectivity index (χ0) is 9.84. The van der Waals surface area contributed by atoms with Crippen LogP contribution < -0.4 is 9.47 Å². The first-order valence-electron chi connectivity index (χ1n) is 3.68. The van der Waals surface area contributed by atoms with Crippen molar-refractivity contribution < 1.29 is 13.9 Å². The van der Waals surface area contributed by atoms with Crippen LogP contribution in [0.5, 0.6) is 11.5 Å². The lowest BCUT2D eigenvalue weighted by molar-refractivity contribution is 0.378. The van der Waals surface area contributed by atoms with Crippen LogP contribution in [0.25, 0.3) is 0 Å². The third kappa shape index (κ3) is 2.06. The van der Waals surface area contributed by atoms with Gasteiger partial charge in [0, 0.05) is 12.1 Å². The van der Waals surface area contributed by atoms with Crippen molar-refractivity contribution in [2.24, 2.45) is 0 Å². The fraction of sp³-hybridized carbons (Fsp3) is 0.333. The SMILES string of the molecule is COc1cc(F)c(SC)c(OC)c1. The van der Waals surface area contributed by atoms with Gasteiger partial charge >= 0.3 is 0 Å². The van der Waals surface area contributed by atoms with Crippen molar-refractivity contribution >= 4 is 11.8 Å². The molecule has 2 nitrogen and oxygen atoms in total. The number of ether oxygens (including phenoxy) is 2. The van der Waals surface area contributed by atoms with E-state index in [0.717, 1.165) is 0 Å². The van der Waals surface area contributed by atoms with Crippen molar-refractivity contribution in [1.29, 1.82) is 0 Å². The van der Waals surface area contributed by atoms with Crippen molar-refractivity contribution in [2.75, 3.05) is 20.5 Å². The molecule has 0 unspecified atom stereocenters. The Morgan fingerprint density at radius 1 is 1.23 bits per heavy atom. The molecule has 0 aromatic heterocycles. The summed E-state index contributed by atoms with van der Waals surface area (Å²) in [5.41, 5.74) is 0. The van der Waals surface area contributed by atoms with Crippen LogP contribution in [0, 0.1) is 5.82 Å². The zero-order valence-corrected chi connectivity index (χ0v) is 8.57. The molecule has 0 saturated heterocycles. The van der Waals surface area contributed by atoms with Gasteiger partial charge in [0.25, 0.3) is 0 Å². The van der Waals surface area contributed by atoms with E-state index < -0.39 is 0 Å². The van der Waals surface area contributed by atoms with E-state index in [4.69, 9.17) is 9.47 Å². The highest BCUT2D eigenvalue weighted by molar-refractivity contribution is 7.98. The van der Waals surface area contributed by atoms with Crippen molar-refractivity contribution in [2.45, 2.75) is 4.90 Å². The van der Waals surface area contributed by atoms with Crippen LogP contribution >= 0.6 is 11.8 Å². The molecular formula is C9H11FO2S. The van der Waals surface area contributed by atoms with E-state index in [9.17, 15) is 4.39 Å². The van der Waals surface area contributed by atoms with E-state index in [1.165, 1.54) is 32.0 Å². The quantitative estimate of drug-likeness (QED) is 0.702. The maximum atomic E-state index is 13.3. The average molecular weight is 202 g/mol. The van der Waals surface area contributed by atoms with Gasteiger partial charge in [-0.15, -0.1) is 11.8 Å². The van der Waals surface area contributed by atoms with Gasteiger partial charge in [0.15, 0.2) is 0 Å². The van der Waals surface area contributed by atoms with Gasteiger partial charge in [0.2, 0.25) is 0 Å². The summed E-state index contributed by atoms with van der Waals surface area (Å²) < 4.78 is 23.2. The van der Waals surface area contributed by atoms with E-state index in [0.29, 0.717) is 16.4 Å². The van der Waals surface area contributed by atoms with Crippen molar-refractivity contribution in [3.63, 3.8) is 0 Å². The molecule has 0 radical (unpaired) electrons. The number of hydrogen-bond acceptors (Lipinski definition) is 3. The third-order valence-electron chi connectivity index (χ3n) is 1.64. The minimum Gasteiger partial charge on any atom is -0.497 e. The third-order valence-corrected chi connectivity index (χ3v) is 2.45. The second-order valence-corrected chi connectivity index (χ2v) is 3.16. The number of hydrogen-bond donors (Lipinski definition) is 0. The molecule has 0 fully saturated rings. The molecule has 0 aliphatic rings. The largest absolute Gasteiger partial charge is 0.497 e. The number of benzene rings is 1. The lowest BCUT2D eigenvalue weighted by atomic mass is 10.3. The van der Waals surface area contributed by atoms with Gasteiger partial charge in [-0.1, -0.05) is 0 Å². The van der Waals surface area contributed by atoms with Gasteiger partial charge in [-0.05, 0) is 6.26 Å².